The molecule has 1 aliphatic rings. The number of para-hydroxylation sites is 1. The number of aromatic amines is 1. The highest BCUT2D eigenvalue weighted by atomic mass is 16.5. The van der Waals surface area contributed by atoms with Gasteiger partial charge < -0.3 is 9.64 Å². The van der Waals surface area contributed by atoms with Crippen LogP contribution in [0.15, 0.2) is 39.9 Å². The number of rotatable bonds is 4. The third-order valence-electron chi connectivity index (χ3n) is 4.08. The van der Waals surface area contributed by atoms with E-state index in [0.717, 1.165) is 29.6 Å². The summed E-state index contributed by atoms with van der Waals surface area (Å²) in [5, 5.41) is 0. The molecule has 0 aliphatic carbocycles. The second-order valence-electron chi connectivity index (χ2n) is 5.56. The molecule has 0 radical (unpaired) electrons. The summed E-state index contributed by atoms with van der Waals surface area (Å²) in [4.78, 5) is 29.9. The molecular formula is C17H21N3O3. The van der Waals surface area contributed by atoms with Gasteiger partial charge in [0.15, 0.2) is 0 Å². The van der Waals surface area contributed by atoms with E-state index in [2.05, 4.69) is 4.98 Å². The first kappa shape index (κ1) is 15.6. The molecule has 1 aliphatic heterocycles. The Morgan fingerprint density at radius 3 is 2.70 bits per heavy atom. The lowest BCUT2D eigenvalue weighted by molar-refractivity contribution is 0.0820. The van der Waals surface area contributed by atoms with Gasteiger partial charge in [-0.3, -0.25) is 9.78 Å². The Hall–Kier alpha value is -2.34. The summed E-state index contributed by atoms with van der Waals surface area (Å²) in [6.45, 7) is 3.06. The van der Waals surface area contributed by atoms with Crippen molar-refractivity contribution in [3.05, 3.63) is 56.7 Å². The molecule has 0 bridgehead atoms. The van der Waals surface area contributed by atoms with E-state index >= 15 is 0 Å². The number of aromatic nitrogens is 2. The lowest BCUT2D eigenvalue weighted by Gasteiger charge is -2.24. The van der Waals surface area contributed by atoms with Crippen LogP contribution in [0.2, 0.25) is 0 Å². The number of ether oxygens (including phenoxy) is 1. The smallest absolute Gasteiger partial charge is 0.331 e. The average molecular weight is 315 g/mol. The molecular weight excluding hydrogens is 294 g/mol. The second kappa shape index (κ2) is 6.83. The predicted octanol–water partition coefficient (Wildman–Crippen LogP) is 2.00. The van der Waals surface area contributed by atoms with Crippen LogP contribution in [-0.2, 0) is 17.9 Å². The van der Waals surface area contributed by atoms with Crippen molar-refractivity contribution in [2.45, 2.75) is 32.9 Å². The molecule has 2 heterocycles. The highest BCUT2D eigenvalue weighted by Crippen LogP contribution is 2.28. The van der Waals surface area contributed by atoms with Crippen molar-refractivity contribution >= 4 is 11.5 Å². The van der Waals surface area contributed by atoms with Gasteiger partial charge in [-0.1, -0.05) is 18.2 Å². The average Bonchev–Trinajstić information content (AvgIpc) is 2.78. The van der Waals surface area contributed by atoms with Gasteiger partial charge in [-0.25, -0.2) is 9.36 Å². The molecule has 2 aromatic rings. The molecule has 0 saturated heterocycles. The van der Waals surface area contributed by atoms with Crippen molar-refractivity contribution in [3.63, 3.8) is 0 Å². The summed E-state index contributed by atoms with van der Waals surface area (Å²) in [6, 6.07) is 9.83. The second-order valence-corrected chi connectivity index (χ2v) is 5.56. The van der Waals surface area contributed by atoms with E-state index in [0.29, 0.717) is 24.4 Å². The number of fused-ring (bicyclic) bond motifs is 1. The van der Waals surface area contributed by atoms with Crippen molar-refractivity contribution in [1.29, 1.82) is 0 Å². The van der Waals surface area contributed by atoms with Crippen LogP contribution in [0.3, 0.4) is 0 Å². The van der Waals surface area contributed by atoms with Crippen LogP contribution < -0.4 is 16.1 Å². The monoisotopic (exact) mass is 315 g/mol. The summed E-state index contributed by atoms with van der Waals surface area (Å²) in [5.41, 5.74) is 0.962. The van der Waals surface area contributed by atoms with Gasteiger partial charge in [0.05, 0.1) is 5.56 Å². The number of anilines is 2. The minimum absolute atomic E-state index is 0.0106. The van der Waals surface area contributed by atoms with E-state index < -0.39 is 5.69 Å². The molecule has 0 saturated carbocycles. The molecule has 23 heavy (non-hydrogen) atoms. The zero-order valence-corrected chi connectivity index (χ0v) is 13.2. The van der Waals surface area contributed by atoms with E-state index in [1.54, 1.807) is 0 Å². The summed E-state index contributed by atoms with van der Waals surface area (Å²) < 4.78 is 6.38. The fourth-order valence-corrected chi connectivity index (χ4v) is 2.91. The van der Waals surface area contributed by atoms with Gasteiger partial charge >= 0.3 is 5.69 Å². The maximum absolute atomic E-state index is 12.7. The Labute approximate surface area is 134 Å². The van der Waals surface area contributed by atoms with Crippen LogP contribution in [0.4, 0.5) is 11.5 Å². The Kier molecular flexibility index (Phi) is 4.62. The molecule has 0 unspecified atom stereocenters. The number of benzene rings is 1. The normalized spacial score (nSPS) is 14.4. The van der Waals surface area contributed by atoms with Crippen molar-refractivity contribution in [3.8, 4) is 0 Å². The van der Waals surface area contributed by atoms with E-state index in [1.807, 2.05) is 42.2 Å². The standard InChI is InChI=1S/C17H21N3O3/c1-2-23-12-20-16(21)14-10-6-7-11-19(15(14)18-17(20)22)13-8-4-3-5-9-13/h3-5,8-9H,2,6-7,10-12H2,1H3,(H,18,22). The van der Waals surface area contributed by atoms with Gasteiger partial charge in [0.1, 0.15) is 12.5 Å². The first-order chi connectivity index (χ1) is 11.2. The Morgan fingerprint density at radius 2 is 1.96 bits per heavy atom. The van der Waals surface area contributed by atoms with Crippen molar-refractivity contribution in [2.75, 3.05) is 18.1 Å². The van der Waals surface area contributed by atoms with E-state index in [9.17, 15) is 9.59 Å². The summed E-state index contributed by atoms with van der Waals surface area (Å²) >= 11 is 0. The van der Waals surface area contributed by atoms with Gasteiger partial charge in [-0.15, -0.1) is 0 Å². The summed E-state index contributed by atoms with van der Waals surface area (Å²) in [6.07, 6.45) is 2.56. The molecule has 6 nitrogen and oxygen atoms in total. The fourth-order valence-electron chi connectivity index (χ4n) is 2.91. The molecule has 0 spiro atoms. The molecule has 0 amide bonds. The Bertz CT molecular complexity index is 780. The van der Waals surface area contributed by atoms with Crippen molar-refractivity contribution in [2.24, 2.45) is 0 Å². The lowest BCUT2D eigenvalue weighted by Crippen LogP contribution is -2.39. The molecule has 3 rings (SSSR count). The first-order valence-corrected chi connectivity index (χ1v) is 7.98. The lowest BCUT2D eigenvalue weighted by atomic mass is 10.1. The van der Waals surface area contributed by atoms with Crippen LogP contribution >= 0.6 is 0 Å². The first-order valence-electron chi connectivity index (χ1n) is 7.98. The van der Waals surface area contributed by atoms with Gasteiger partial charge in [-0.05, 0) is 38.3 Å². The zero-order valence-electron chi connectivity index (χ0n) is 13.2. The molecule has 0 fully saturated rings. The van der Waals surface area contributed by atoms with Crippen LogP contribution in [0, 0.1) is 0 Å². The predicted molar refractivity (Wildman–Crippen MR) is 89.3 cm³/mol. The van der Waals surface area contributed by atoms with E-state index in [-0.39, 0.29) is 12.3 Å². The Morgan fingerprint density at radius 1 is 1.17 bits per heavy atom. The fraction of sp³-hybridized carbons (Fsp3) is 0.412. The van der Waals surface area contributed by atoms with Gasteiger partial charge in [0.25, 0.3) is 5.56 Å². The molecule has 1 N–H and O–H groups in total. The minimum atomic E-state index is -0.426. The third kappa shape index (κ3) is 3.07. The summed E-state index contributed by atoms with van der Waals surface area (Å²) in [7, 11) is 0. The number of nitrogens with one attached hydrogen (secondary N) is 1. The van der Waals surface area contributed by atoms with Crippen LogP contribution in [-0.4, -0.2) is 22.7 Å². The maximum atomic E-state index is 12.7. The zero-order chi connectivity index (χ0) is 16.2. The Balaban J connectivity index is 2.12. The number of H-pyrrole nitrogens is 1. The summed E-state index contributed by atoms with van der Waals surface area (Å²) in [5.74, 6) is 0.622. The van der Waals surface area contributed by atoms with Crippen LogP contribution in [0.25, 0.3) is 0 Å². The van der Waals surface area contributed by atoms with Gasteiger partial charge in [-0.2, -0.15) is 0 Å². The molecule has 1 aromatic carbocycles. The molecule has 122 valence electrons. The SMILES string of the molecule is CCOCn1c(=O)[nH]c2c(c1=O)CCCCN2c1ccccc1. The van der Waals surface area contributed by atoms with E-state index in [1.165, 1.54) is 0 Å². The van der Waals surface area contributed by atoms with Gasteiger partial charge in [0, 0.05) is 18.8 Å². The number of hydrogen-bond donors (Lipinski definition) is 1. The molecule has 1 aromatic heterocycles. The number of nitrogens with zero attached hydrogens (tertiary/aromatic N) is 2. The largest absolute Gasteiger partial charge is 0.361 e. The third-order valence-corrected chi connectivity index (χ3v) is 4.08. The topological polar surface area (TPSA) is 67.3 Å². The van der Waals surface area contributed by atoms with Crippen molar-refractivity contribution < 1.29 is 4.74 Å². The van der Waals surface area contributed by atoms with Crippen LogP contribution in [0.1, 0.15) is 25.3 Å². The van der Waals surface area contributed by atoms with Gasteiger partial charge in [0.2, 0.25) is 0 Å². The quantitative estimate of drug-likeness (QED) is 0.937. The minimum Gasteiger partial charge on any atom is -0.361 e. The van der Waals surface area contributed by atoms with E-state index in [4.69, 9.17) is 4.74 Å². The highest BCUT2D eigenvalue weighted by Gasteiger charge is 2.22. The van der Waals surface area contributed by atoms with Crippen LogP contribution in [0.5, 0.6) is 0 Å². The van der Waals surface area contributed by atoms with Crippen molar-refractivity contribution in [1.82, 2.24) is 9.55 Å². The molecule has 0 atom stereocenters. The maximum Gasteiger partial charge on any atom is 0.331 e. The highest BCUT2D eigenvalue weighted by molar-refractivity contribution is 5.62. The number of hydrogen-bond acceptors (Lipinski definition) is 4. The molecule has 6 heteroatoms.